The quantitative estimate of drug-likeness (QED) is 0.757. The first kappa shape index (κ1) is 16.9. The van der Waals surface area contributed by atoms with Gasteiger partial charge in [-0.15, -0.1) is 0 Å². The van der Waals surface area contributed by atoms with Crippen LogP contribution < -0.4 is 4.72 Å². The average molecular weight is 320 g/mol. The zero-order valence-electron chi connectivity index (χ0n) is 11.4. The third-order valence-electron chi connectivity index (χ3n) is 2.92. The third kappa shape index (κ3) is 4.19. The van der Waals surface area contributed by atoms with Crippen LogP contribution in [0.25, 0.3) is 0 Å². The maximum Gasteiger partial charge on any atom is 0.336 e. The minimum atomic E-state index is -3.75. The van der Waals surface area contributed by atoms with Crippen LogP contribution in [0.15, 0.2) is 17.0 Å². The fraction of sp³-hybridized carbons (Fsp3) is 0.462. The van der Waals surface area contributed by atoms with Gasteiger partial charge in [0, 0.05) is 11.6 Å². The van der Waals surface area contributed by atoms with Crippen LogP contribution in [-0.4, -0.2) is 26.0 Å². The van der Waals surface area contributed by atoms with E-state index in [1.54, 1.807) is 0 Å². The van der Waals surface area contributed by atoms with Crippen molar-refractivity contribution >= 4 is 27.6 Å². The molecule has 1 aromatic carbocycles. The third-order valence-corrected chi connectivity index (χ3v) is 4.72. The fourth-order valence-electron chi connectivity index (χ4n) is 1.81. The molecule has 0 amide bonds. The second kappa shape index (κ2) is 7.06. The van der Waals surface area contributed by atoms with Crippen molar-refractivity contribution in [1.29, 1.82) is 0 Å². The topological polar surface area (TPSA) is 83.5 Å². The van der Waals surface area contributed by atoms with Gasteiger partial charge in [-0.3, -0.25) is 0 Å². The Hall–Kier alpha value is -1.11. The Labute approximate surface area is 124 Å². The van der Waals surface area contributed by atoms with E-state index in [0.29, 0.717) is 6.54 Å². The zero-order valence-corrected chi connectivity index (χ0v) is 13.0. The lowest BCUT2D eigenvalue weighted by molar-refractivity contribution is 0.0696. The van der Waals surface area contributed by atoms with Crippen LogP contribution in [0.4, 0.5) is 0 Å². The summed E-state index contributed by atoms with van der Waals surface area (Å²) in [5, 5.41) is 9.14. The lowest BCUT2D eigenvalue weighted by atomic mass is 10.1. The van der Waals surface area contributed by atoms with Crippen LogP contribution in [-0.2, 0) is 10.0 Å². The zero-order chi connectivity index (χ0) is 15.3. The Morgan fingerprint density at radius 1 is 1.35 bits per heavy atom. The normalized spacial score (nSPS) is 11.6. The van der Waals surface area contributed by atoms with Gasteiger partial charge in [0.05, 0.1) is 10.5 Å². The number of halogens is 1. The predicted molar refractivity (Wildman–Crippen MR) is 77.9 cm³/mol. The summed E-state index contributed by atoms with van der Waals surface area (Å²) in [6, 6.07) is 2.51. The monoisotopic (exact) mass is 319 g/mol. The summed E-state index contributed by atoms with van der Waals surface area (Å²) in [4.78, 5) is 11.0. The molecule has 1 aromatic rings. The van der Waals surface area contributed by atoms with E-state index < -0.39 is 16.0 Å². The molecular formula is C13H18ClNO4S. The highest BCUT2D eigenvalue weighted by Gasteiger charge is 2.21. The van der Waals surface area contributed by atoms with Crippen molar-refractivity contribution in [2.75, 3.05) is 6.54 Å². The highest BCUT2D eigenvalue weighted by Crippen LogP contribution is 2.24. The van der Waals surface area contributed by atoms with E-state index in [4.69, 9.17) is 16.7 Å². The van der Waals surface area contributed by atoms with Crippen LogP contribution in [0.5, 0.6) is 0 Å². The van der Waals surface area contributed by atoms with Gasteiger partial charge >= 0.3 is 5.97 Å². The van der Waals surface area contributed by atoms with Gasteiger partial charge in [-0.2, -0.15) is 0 Å². The molecule has 0 bridgehead atoms. The molecule has 0 aliphatic rings. The van der Waals surface area contributed by atoms with Gasteiger partial charge in [0.2, 0.25) is 10.0 Å². The molecule has 112 valence electrons. The van der Waals surface area contributed by atoms with Gasteiger partial charge in [0.15, 0.2) is 0 Å². The number of benzene rings is 1. The largest absolute Gasteiger partial charge is 0.478 e. The first-order valence-electron chi connectivity index (χ1n) is 6.32. The molecule has 2 N–H and O–H groups in total. The summed E-state index contributed by atoms with van der Waals surface area (Å²) >= 11 is 5.80. The Kier molecular flexibility index (Phi) is 5.98. The molecule has 0 radical (unpaired) electrons. The number of aromatic carboxylic acids is 1. The van der Waals surface area contributed by atoms with E-state index in [1.165, 1.54) is 19.1 Å². The van der Waals surface area contributed by atoms with Gasteiger partial charge in [-0.25, -0.2) is 17.9 Å². The Bertz CT molecular complexity index is 599. The molecule has 5 nitrogen and oxygen atoms in total. The number of carbonyl (C=O) groups is 1. The van der Waals surface area contributed by atoms with E-state index in [9.17, 15) is 13.2 Å². The van der Waals surface area contributed by atoms with Crippen molar-refractivity contribution in [2.24, 2.45) is 0 Å². The summed E-state index contributed by atoms with van der Waals surface area (Å²) < 4.78 is 26.8. The predicted octanol–water partition coefficient (Wildman–Crippen LogP) is 2.82. The molecule has 0 atom stereocenters. The van der Waals surface area contributed by atoms with Crippen LogP contribution in [0.1, 0.15) is 42.1 Å². The molecule has 0 unspecified atom stereocenters. The van der Waals surface area contributed by atoms with Crippen molar-refractivity contribution in [3.63, 3.8) is 0 Å². The number of carboxylic acids is 1. The fourth-order valence-corrected chi connectivity index (χ4v) is 3.46. The SMILES string of the molecule is CCCCCNS(=O)(=O)c1cc(Cl)cc(C(=O)O)c1C. The van der Waals surface area contributed by atoms with Crippen molar-refractivity contribution in [2.45, 2.75) is 38.0 Å². The number of hydrogen-bond acceptors (Lipinski definition) is 3. The smallest absolute Gasteiger partial charge is 0.336 e. The molecule has 0 saturated heterocycles. The molecule has 0 fully saturated rings. The first-order valence-corrected chi connectivity index (χ1v) is 8.18. The van der Waals surface area contributed by atoms with Crippen molar-refractivity contribution < 1.29 is 18.3 Å². The first-order chi connectivity index (χ1) is 9.29. The van der Waals surface area contributed by atoms with Crippen LogP contribution in [0, 0.1) is 6.92 Å². The van der Waals surface area contributed by atoms with E-state index in [2.05, 4.69) is 4.72 Å². The van der Waals surface area contributed by atoms with E-state index >= 15 is 0 Å². The van der Waals surface area contributed by atoms with Crippen LogP contribution in [0.2, 0.25) is 5.02 Å². The van der Waals surface area contributed by atoms with Gasteiger partial charge in [-0.05, 0) is 31.0 Å². The lowest BCUT2D eigenvalue weighted by Gasteiger charge is -2.11. The van der Waals surface area contributed by atoms with Crippen LogP contribution in [0.3, 0.4) is 0 Å². The maximum absolute atomic E-state index is 12.2. The molecule has 0 heterocycles. The standard InChI is InChI=1S/C13H18ClNO4S/c1-3-4-5-6-15-20(18,19)12-8-10(14)7-11(9(12)2)13(16)17/h7-8,15H,3-6H2,1-2H3,(H,16,17). The molecule has 20 heavy (non-hydrogen) atoms. The molecule has 0 aliphatic heterocycles. The minimum absolute atomic E-state index is 0.0844. The number of nitrogens with one attached hydrogen (secondary N) is 1. The summed E-state index contributed by atoms with van der Waals surface area (Å²) in [5.74, 6) is -1.20. The number of sulfonamides is 1. The van der Waals surface area contributed by atoms with E-state index in [-0.39, 0.29) is 21.0 Å². The van der Waals surface area contributed by atoms with Crippen molar-refractivity contribution in [3.05, 3.63) is 28.3 Å². The lowest BCUT2D eigenvalue weighted by Crippen LogP contribution is -2.26. The highest BCUT2D eigenvalue weighted by molar-refractivity contribution is 7.89. The van der Waals surface area contributed by atoms with Gasteiger partial charge < -0.3 is 5.11 Å². The van der Waals surface area contributed by atoms with Gasteiger partial charge in [0.1, 0.15) is 0 Å². The molecule has 0 saturated carbocycles. The highest BCUT2D eigenvalue weighted by atomic mass is 35.5. The van der Waals surface area contributed by atoms with Gasteiger partial charge in [0.25, 0.3) is 0 Å². The summed E-state index contributed by atoms with van der Waals surface area (Å²) in [6.07, 6.45) is 2.65. The summed E-state index contributed by atoms with van der Waals surface area (Å²) in [6.45, 7) is 3.81. The number of hydrogen-bond donors (Lipinski definition) is 2. The van der Waals surface area contributed by atoms with Crippen molar-refractivity contribution in [1.82, 2.24) is 4.72 Å². The van der Waals surface area contributed by atoms with Gasteiger partial charge in [-0.1, -0.05) is 31.4 Å². The minimum Gasteiger partial charge on any atom is -0.478 e. The summed E-state index contributed by atoms with van der Waals surface area (Å²) in [5.41, 5.74) is 0.0799. The number of rotatable bonds is 7. The molecule has 0 aliphatic carbocycles. The molecule has 0 aromatic heterocycles. The molecular weight excluding hydrogens is 302 g/mol. The summed E-state index contributed by atoms with van der Waals surface area (Å²) in [7, 11) is -3.75. The maximum atomic E-state index is 12.2. The van der Waals surface area contributed by atoms with E-state index in [0.717, 1.165) is 19.3 Å². The average Bonchev–Trinajstić information content (AvgIpc) is 2.36. The molecule has 7 heteroatoms. The Morgan fingerprint density at radius 2 is 2.00 bits per heavy atom. The Balaban J connectivity index is 3.09. The molecule has 0 spiro atoms. The number of carboxylic acid groups (broad SMARTS) is 1. The second-order valence-electron chi connectivity index (χ2n) is 4.49. The van der Waals surface area contributed by atoms with Crippen molar-refractivity contribution in [3.8, 4) is 0 Å². The number of unbranched alkanes of at least 4 members (excludes halogenated alkanes) is 2. The van der Waals surface area contributed by atoms with Crippen LogP contribution >= 0.6 is 11.6 Å². The second-order valence-corrected chi connectivity index (χ2v) is 6.66. The Morgan fingerprint density at radius 3 is 2.55 bits per heavy atom. The van der Waals surface area contributed by atoms with E-state index in [1.807, 2.05) is 6.92 Å². The molecule has 1 rings (SSSR count).